The molecule has 0 N–H and O–H groups in total. The second-order valence-electron chi connectivity index (χ2n) is 0.696. The van der Waals surface area contributed by atoms with Crippen LogP contribution in [-0.2, 0) is 9.53 Å². The molecule has 0 aliphatic heterocycles. The molecule has 2 nitrogen and oxygen atoms in total. The maximum absolute atomic E-state index is 9.59. The van der Waals surface area contributed by atoms with Crippen LogP contribution < -0.4 is 0 Å². The number of carbonyl (C=O) groups is 1. The standard InChI is InChI=1S/C3H6O2.Mg.2H/c1-3(4)5-2;;;/h1-2H3;;;/q;+2;2*-1. The van der Waals surface area contributed by atoms with Crippen LogP contribution in [-0.4, -0.2) is 36.1 Å². The summed E-state index contributed by atoms with van der Waals surface area (Å²) in [6.45, 7) is 1.36. The zero-order valence-electron chi connectivity index (χ0n) is 6.02. The van der Waals surface area contributed by atoms with Gasteiger partial charge in [0.05, 0.1) is 7.11 Å². The van der Waals surface area contributed by atoms with E-state index in [4.69, 9.17) is 0 Å². The minimum Gasteiger partial charge on any atom is -1.00 e. The number of hydrogen-bond donors (Lipinski definition) is 0. The molecule has 0 saturated heterocycles. The molecule has 0 saturated carbocycles. The molecule has 0 heterocycles. The van der Waals surface area contributed by atoms with Gasteiger partial charge >= 0.3 is 29.0 Å². The summed E-state index contributed by atoms with van der Waals surface area (Å²) < 4.78 is 4.11. The fraction of sp³-hybridized carbons (Fsp3) is 0.667. The van der Waals surface area contributed by atoms with Crippen molar-refractivity contribution in [2.45, 2.75) is 6.92 Å². The van der Waals surface area contributed by atoms with Gasteiger partial charge in [0.25, 0.3) is 0 Å². The van der Waals surface area contributed by atoms with Gasteiger partial charge in [-0.25, -0.2) is 0 Å². The van der Waals surface area contributed by atoms with Gasteiger partial charge in [0.15, 0.2) is 0 Å². The number of methoxy groups -OCH3 is 1. The molecular formula is C3H8MgO2. The summed E-state index contributed by atoms with van der Waals surface area (Å²) in [5, 5.41) is 0. The Hall–Kier alpha value is 0.236. The molecule has 0 amide bonds. The smallest absolute Gasteiger partial charge is 1.00 e. The predicted octanol–water partition coefficient (Wildman–Crippen LogP) is 0.0235. The van der Waals surface area contributed by atoms with Gasteiger partial charge in [0, 0.05) is 6.92 Å². The molecule has 0 unspecified atom stereocenters. The Bertz CT molecular complexity index is 50.5. The molecule has 0 fully saturated rings. The summed E-state index contributed by atoms with van der Waals surface area (Å²) in [5.74, 6) is -0.245. The molecule has 3 heteroatoms. The first-order valence-corrected chi connectivity index (χ1v) is 1.32. The number of ether oxygens (including phenoxy) is 1. The summed E-state index contributed by atoms with van der Waals surface area (Å²) in [5.41, 5.74) is 0. The monoisotopic (exact) mass is 100 g/mol. The van der Waals surface area contributed by atoms with E-state index in [0.717, 1.165) is 0 Å². The first-order valence-electron chi connectivity index (χ1n) is 1.32. The van der Waals surface area contributed by atoms with Crippen molar-refractivity contribution in [3.8, 4) is 0 Å². The van der Waals surface area contributed by atoms with E-state index in [0.29, 0.717) is 0 Å². The Kier molecular flexibility index (Phi) is 8.32. The van der Waals surface area contributed by atoms with E-state index < -0.39 is 0 Å². The van der Waals surface area contributed by atoms with Crippen LogP contribution in [0.1, 0.15) is 9.78 Å². The second-order valence-corrected chi connectivity index (χ2v) is 0.696. The Morgan fingerprint density at radius 3 is 2.00 bits per heavy atom. The van der Waals surface area contributed by atoms with Gasteiger partial charge in [0.2, 0.25) is 0 Å². The van der Waals surface area contributed by atoms with Gasteiger partial charge in [-0.1, -0.05) is 0 Å². The van der Waals surface area contributed by atoms with Gasteiger partial charge in [-0.2, -0.15) is 0 Å². The van der Waals surface area contributed by atoms with Crippen LogP contribution in [0.2, 0.25) is 0 Å². The molecule has 0 bridgehead atoms. The van der Waals surface area contributed by atoms with Gasteiger partial charge in [-0.15, -0.1) is 0 Å². The summed E-state index contributed by atoms with van der Waals surface area (Å²) >= 11 is 0. The molecule has 0 aromatic heterocycles. The molecule has 0 aliphatic carbocycles. The van der Waals surface area contributed by atoms with Crippen LogP contribution in [0, 0.1) is 0 Å². The molecule has 0 aromatic rings. The normalized spacial score (nSPS) is 5.67. The molecule has 6 heavy (non-hydrogen) atoms. The maximum atomic E-state index is 9.59. The summed E-state index contributed by atoms with van der Waals surface area (Å²) in [4.78, 5) is 9.59. The Balaban J connectivity index is -0.0000000267. The average molecular weight is 100 g/mol. The molecule has 0 aromatic carbocycles. The van der Waals surface area contributed by atoms with Gasteiger partial charge in [-0.05, 0) is 0 Å². The summed E-state index contributed by atoms with van der Waals surface area (Å²) in [7, 11) is 1.35. The van der Waals surface area contributed by atoms with Crippen LogP contribution in [0.25, 0.3) is 0 Å². The predicted molar refractivity (Wildman–Crippen MR) is 25.7 cm³/mol. The second kappa shape index (κ2) is 5.24. The molecular weight excluding hydrogens is 92.3 g/mol. The van der Waals surface area contributed by atoms with E-state index in [1.807, 2.05) is 0 Å². The summed E-state index contributed by atoms with van der Waals surface area (Å²) in [6.07, 6.45) is 0. The minimum atomic E-state index is -0.245. The van der Waals surface area contributed by atoms with E-state index in [1.54, 1.807) is 0 Å². The third-order valence-corrected chi connectivity index (χ3v) is 0.287. The molecule has 34 valence electrons. The van der Waals surface area contributed by atoms with Crippen molar-refractivity contribution in [3.63, 3.8) is 0 Å². The van der Waals surface area contributed by atoms with Crippen LogP contribution in [0.3, 0.4) is 0 Å². The van der Waals surface area contributed by atoms with Crippen molar-refractivity contribution in [2.75, 3.05) is 7.11 Å². The summed E-state index contributed by atoms with van der Waals surface area (Å²) in [6, 6.07) is 0. The number of carbonyl (C=O) groups excluding carboxylic acids is 1. The Morgan fingerprint density at radius 1 is 1.83 bits per heavy atom. The third-order valence-electron chi connectivity index (χ3n) is 0.287. The van der Waals surface area contributed by atoms with Crippen LogP contribution in [0.4, 0.5) is 0 Å². The van der Waals surface area contributed by atoms with Crippen molar-refractivity contribution in [3.05, 3.63) is 0 Å². The van der Waals surface area contributed by atoms with Gasteiger partial charge in [0.1, 0.15) is 0 Å². The van der Waals surface area contributed by atoms with Crippen LogP contribution in [0.15, 0.2) is 0 Å². The van der Waals surface area contributed by atoms with Crippen molar-refractivity contribution in [1.29, 1.82) is 0 Å². The Morgan fingerprint density at radius 2 is 2.00 bits per heavy atom. The topological polar surface area (TPSA) is 26.3 Å². The molecule has 0 rings (SSSR count). The first kappa shape index (κ1) is 9.53. The van der Waals surface area contributed by atoms with Crippen molar-refractivity contribution >= 4 is 29.0 Å². The zero-order valence-corrected chi connectivity index (χ0v) is 5.44. The quantitative estimate of drug-likeness (QED) is 0.317. The molecule has 0 radical (unpaired) electrons. The SMILES string of the molecule is COC(C)=O.[H-].[H-].[Mg+2]. The fourth-order valence-corrected chi connectivity index (χ4v) is 0. The fourth-order valence-electron chi connectivity index (χ4n) is 0. The van der Waals surface area contributed by atoms with Crippen molar-refractivity contribution < 1.29 is 12.4 Å². The van der Waals surface area contributed by atoms with Gasteiger partial charge in [-0.3, -0.25) is 4.79 Å². The number of hydrogen-bond acceptors (Lipinski definition) is 2. The largest absolute Gasteiger partial charge is 2.00 e. The Labute approximate surface area is 56.0 Å². The van der Waals surface area contributed by atoms with Crippen molar-refractivity contribution in [2.24, 2.45) is 0 Å². The van der Waals surface area contributed by atoms with E-state index in [9.17, 15) is 4.79 Å². The third kappa shape index (κ3) is 8.87. The van der Waals surface area contributed by atoms with Gasteiger partial charge < -0.3 is 7.59 Å². The average Bonchev–Trinajstić information content (AvgIpc) is 1.38. The van der Waals surface area contributed by atoms with E-state index in [2.05, 4.69) is 4.74 Å². The van der Waals surface area contributed by atoms with E-state index >= 15 is 0 Å². The number of rotatable bonds is 0. The molecule has 0 spiro atoms. The molecule has 0 aliphatic rings. The van der Waals surface area contributed by atoms with Crippen LogP contribution >= 0.6 is 0 Å². The van der Waals surface area contributed by atoms with Crippen molar-refractivity contribution in [1.82, 2.24) is 0 Å². The van der Waals surface area contributed by atoms with Crippen LogP contribution in [0.5, 0.6) is 0 Å². The zero-order chi connectivity index (χ0) is 4.28. The maximum Gasteiger partial charge on any atom is 2.00 e. The van der Waals surface area contributed by atoms with E-state index in [1.165, 1.54) is 14.0 Å². The van der Waals surface area contributed by atoms with E-state index in [-0.39, 0.29) is 31.9 Å². The minimum absolute atomic E-state index is 0. The first-order chi connectivity index (χ1) is 2.27. The molecule has 0 atom stereocenters. The number of esters is 1.